The van der Waals surface area contributed by atoms with E-state index in [0.29, 0.717) is 0 Å². The van der Waals surface area contributed by atoms with Crippen LogP contribution < -0.4 is 10.1 Å². The highest BCUT2D eigenvalue weighted by Crippen LogP contribution is 2.19. The van der Waals surface area contributed by atoms with Crippen LogP contribution in [0.25, 0.3) is 10.9 Å². The Morgan fingerprint density at radius 2 is 1.91 bits per heavy atom. The average molecular weight is 310 g/mol. The highest BCUT2D eigenvalue weighted by Gasteiger charge is 2.08. The second-order valence-electron chi connectivity index (χ2n) is 5.07. The maximum Gasteiger partial charge on any atom is 0.122 e. The van der Waals surface area contributed by atoms with Gasteiger partial charge in [-0.25, -0.2) is 0 Å². The standard InChI is InChI=1S/C18H18N2OS/c1-21-17-9-5-2-6-13(17)10-11-19-18(22)15-12-20-16-8-4-3-7-14(15)16/h2-9,12,20H,10-11H2,1H3,(H,19,22). The van der Waals surface area contributed by atoms with Crippen molar-refractivity contribution in [2.75, 3.05) is 13.7 Å². The summed E-state index contributed by atoms with van der Waals surface area (Å²) < 4.78 is 5.37. The molecule has 0 aliphatic rings. The van der Waals surface area contributed by atoms with Gasteiger partial charge in [0.15, 0.2) is 0 Å². The number of aromatic amines is 1. The fourth-order valence-corrected chi connectivity index (χ4v) is 2.85. The SMILES string of the molecule is COc1ccccc1CCNC(=S)c1c[nH]c2ccccc12. The Bertz CT molecular complexity index is 794. The van der Waals surface area contributed by atoms with E-state index in [-0.39, 0.29) is 0 Å². The molecular formula is C18H18N2OS. The third-order valence-electron chi connectivity index (χ3n) is 3.71. The van der Waals surface area contributed by atoms with E-state index in [1.165, 1.54) is 5.56 Å². The van der Waals surface area contributed by atoms with Gasteiger partial charge in [0, 0.05) is 29.2 Å². The fourth-order valence-electron chi connectivity index (χ4n) is 2.57. The molecule has 1 aromatic heterocycles. The third kappa shape index (κ3) is 2.97. The molecule has 0 saturated carbocycles. The van der Waals surface area contributed by atoms with Crippen molar-refractivity contribution in [1.82, 2.24) is 10.3 Å². The lowest BCUT2D eigenvalue weighted by Crippen LogP contribution is -2.24. The van der Waals surface area contributed by atoms with Gasteiger partial charge in [0.2, 0.25) is 0 Å². The molecule has 2 aromatic carbocycles. The van der Waals surface area contributed by atoms with E-state index in [9.17, 15) is 0 Å². The molecule has 2 N–H and O–H groups in total. The van der Waals surface area contributed by atoms with Crippen LogP contribution in [-0.2, 0) is 6.42 Å². The highest BCUT2D eigenvalue weighted by atomic mass is 32.1. The molecule has 112 valence electrons. The highest BCUT2D eigenvalue weighted by molar-refractivity contribution is 7.80. The van der Waals surface area contributed by atoms with Gasteiger partial charge in [-0.2, -0.15) is 0 Å². The van der Waals surface area contributed by atoms with Crippen LogP contribution in [0, 0.1) is 0 Å². The number of thiocarbonyl (C=S) groups is 1. The molecule has 1 heterocycles. The lowest BCUT2D eigenvalue weighted by molar-refractivity contribution is 0.409. The predicted octanol–water partition coefficient (Wildman–Crippen LogP) is 3.68. The van der Waals surface area contributed by atoms with Crippen LogP contribution in [0.1, 0.15) is 11.1 Å². The summed E-state index contributed by atoms with van der Waals surface area (Å²) in [6.07, 6.45) is 2.83. The number of nitrogens with one attached hydrogen (secondary N) is 2. The van der Waals surface area contributed by atoms with E-state index >= 15 is 0 Å². The van der Waals surface area contributed by atoms with Crippen molar-refractivity contribution in [2.45, 2.75) is 6.42 Å². The predicted molar refractivity (Wildman–Crippen MR) is 94.7 cm³/mol. The lowest BCUT2D eigenvalue weighted by atomic mass is 10.1. The Labute approximate surface area is 135 Å². The molecule has 3 nitrogen and oxygen atoms in total. The fraction of sp³-hybridized carbons (Fsp3) is 0.167. The zero-order valence-corrected chi connectivity index (χ0v) is 13.2. The second-order valence-corrected chi connectivity index (χ2v) is 5.47. The number of H-pyrrole nitrogens is 1. The summed E-state index contributed by atoms with van der Waals surface area (Å²) in [4.78, 5) is 4.02. The van der Waals surface area contributed by atoms with Gasteiger partial charge < -0.3 is 15.0 Å². The molecular weight excluding hydrogens is 292 g/mol. The first-order valence-corrected chi connectivity index (χ1v) is 7.66. The van der Waals surface area contributed by atoms with E-state index < -0.39 is 0 Å². The number of ether oxygens (including phenoxy) is 1. The van der Waals surface area contributed by atoms with Crippen molar-refractivity contribution in [3.8, 4) is 5.75 Å². The van der Waals surface area contributed by atoms with E-state index in [0.717, 1.165) is 40.2 Å². The minimum Gasteiger partial charge on any atom is -0.496 e. The summed E-state index contributed by atoms with van der Waals surface area (Å²) in [5, 5.41) is 4.48. The summed E-state index contributed by atoms with van der Waals surface area (Å²) in [5.41, 5.74) is 3.33. The number of methoxy groups -OCH3 is 1. The van der Waals surface area contributed by atoms with Gasteiger partial charge in [0.25, 0.3) is 0 Å². The Morgan fingerprint density at radius 1 is 1.14 bits per heavy atom. The van der Waals surface area contributed by atoms with Crippen molar-refractivity contribution < 1.29 is 4.74 Å². The summed E-state index contributed by atoms with van der Waals surface area (Å²) in [6, 6.07) is 16.2. The van der Waals surface area contributed by atoms with Crippen molar-refractivity contribution >= 4 is 28.1 Å². The minimum absolute atomic E-state index is 0.771. The number of fused-ring (bicyclic) bond motifs is 1. The summed E-state index contributed by atoms with van der Waals surface area (Å²) in [6.45, 7) is 0.777. The average Bonchev–Trinajstić information content (AvgIpc) is 2.99. The van der Waals surface area contributed by atoms with Crippen LogP contribution in [0.15, 0.2) is 54.7 Å². The van der Waals surface area contributed by atoms with Gasteiger partial charge in [-0.1, -0.05) is 48.6 Å². The van der Waals surface area contributed by atoms with Crippen LogP contribution in [0.5, 0.6) is 5.75 Å². The molecule has 0 aliphatic heterocycles. The topological polar surface area (TPSA) is 37.0 Å². The van der Waals surface area contributed by atoms with E-state index in [4.69, 9.17) is 17.0 Å². The van der Waals surface area contributed by atoms with E-state index in [1.807, 2.05) is 36.5 Å². The molecule has 0 aliphatic carbocycles. The number of rotatable bonds is 5. The third-order valence-corrected chi connectivity index (χ3v) is 4.07. The summed E-state index contributed by atoms with van der Waals surface area (Å²) >= 11 is 5.52. The molecule has 4 heteroatoms. The largest absolute Gasteiger partial charge is 0.496 e. The number of aromatic nitrogens is 1. The van der Waals surface area contributed by atoms with Crippen molar-refractivity contribution in [2.24, 2.45) is 0 Å². The van der Waals surface area contributed by atoms with Crippen LogP contribution in [-0.4, -0.2) is 23.6 Å². The molecule has 3 rings (SSSR count). The molecule has 0 bridgehead atoms. The van der Waals surface area contributed by atoms with Crippen LogP contribution in [0.3, 0.4) is 0 Å². The monoisotopic (exact) mass is 310 g/mol. The van der Waals surface area contributed by atoms with Crippen LogP contribution in [0.2, 0.25) is 0 Å². The maximum absolute atomic E-state index is 5.52. The Morgan fingerprint density at radius 3 is 2.77 bits per heavy atom. The zero-order chi connectivity index (χ0) is 15.4. The van der Waals surface area contributed by atoms with E-state index in [2.05, 4.69) is 28.5 Å². The van der Waals surface area contributed by atoms with Gasteiger partial charge in [-0.15, -0.1) is 0 Å². The zero-order valence-electron chi connectivity index (χ0n) is 12.4. The molecule has 22 heavy (non-hydrogen) atoms. The first-order chi connectivity index (χ1) is 10.8. The van der Waals surface area contributed by atoms with Crippen molar-refractivity contribution in [3.05, 3.63) is 65.9 Å². The molecule has 0 spiro atoms. The molecule has 0 amide bonds. The lowest BCUT2D eigenvalue weighted by Gasteiger charge is -2.10. The van der Waals surface area contributed by atoms with Crippen molar-refractivity contribution in [3.63, 3.8) is 0 Å². The van der Waals surface area contributed by atoms with Gasteiger partial charge in [-0.05, 0) is 24.1 Å². The number of para-hydroxylation sites is 2. The van der Waals surface area contributed by atoms with Crippen molar-refractivity contribution in [1.29, 1.82) is 0 Å². The smallest absolute Gasteiger partial charge is 0.122 e. The minimum atomic E-state index is 0.771. The molecule has 0 unspecified atom stereocenters. The maximum atomic E-state index is 5.52. The molecule has 0 radical (unpaired) electrons. The molecule has 3 aromatic rings. The molecule has 0 atom stereocenters. The molecule has 0 fully saturated rings. The first-order valence-electron chi connectivity index (χ1n) is 7.26. The normalized spacial score (nSPS) is 10.6. The van der Waals surface area contributed by atoms with Gasteiger partial charge in [-0.3, -0.25) is 0 Å². The number of hydrogen-bond acceptors (Lipinski definition) is 2. The van der Waals surface area contributed by atoms with Gasteiger partial charge in [0.05, 0.1) is 7.11 Å². The van der Waals surface area contributed by atoms with Crippen LogP contribution >= 0.6 is 12.2 Å². The van der Waals surface area contributed by atoms with Gasteiger partial charge >= 0.3 is 0 Å². The Kier molecular flexibility index (Phi) is 4.39. The number of benzene rings is 2. The number of hydrogen-bond donors (Lipinski definition) is 2. The second kappa shape index (κ2) is 6.62. The molecule has 0 saturated heterocycles. The van der Waals surface area contributed by atoms with Crippen LogP contribution in [0.4, 0.5) is 0 Å². The summed E-state index contributed by atoms with van der Waals surface area (Å²) in [5.74, 6) is 0.919. The Hall–Kier alpha value is -2.33. The first kappa shape index (κ1) is 14.6. The van der Waals surface area contributed by atoms with Gasteiger partial charge in [0.1, 0.15) is 10.7 Å². The van der Waals surface area contributed by atoms with E-state index in [1.54, 1.807) is 7.11 Å². The Balaban J connectivity index is 1.65. The quantitative estimate of drug-likeness (QED) is 0.706. The summed E-state index contributed by atoms with van der Waals surface area (Å²) in [7, 11) is 1.70.